The van der Waals surface area contributed by atoms with Gasteiger partial charge in [-0.05, 0) is 43.5 Å². The van der Waals surface area contributed by atoms with Gasteiger partial charge in [0.25, 0.3) is 0 Å². The summed E-state index contributed by atoms with van der Waals surface area (Å²) in [7, 11) is 0. The molecule has 2 amide bonds. The van der Waals surface area contributed by atoms with Gasteiger partial charge in [-0.15, -0.1) is 0 Å². The number of amides is 2. The minimum Gasteiger partial charge on any atom is -0.462 e. The van der Waals surface area contributed by atoms with E-state index in [1.54, 1.807) is 19.1 Å². The molecule has 2 aliphatic rings. The van der Waals surface area contributed by atoms with E-state index in [4.69, 9.17) is 9.84 Å². The number of carbonyl (C=O) groups excluding carboxylic acids is 2. The molecule has 1 fully saturated rings. The number of esters is 1. The Labute approximate surface area is 141 Å². The molecule has 3 rings (SSSR count). The van der Waals surface area contributed by atoms with E-state index in [2.05, 4.69) is 11.4 Å². The summed E-state index contributed by atoms with van der Waals surface area (Å²) in [5.74, 6) is -0.173. The van der Waals surface area contributed by atoms with E-state index in [-0.39, 0.29) is 30.6 Å². The fraction of sp³-hybridized carbons (Fsp3) is 0.444. The smallest absolute Gasteiger partial charge is 0.338 e. The van der Waals surface area contributed by atoms with E-state index in [1.807, 2.05) is 17.0 Å². The van der Waals surface area contributed by atoms with Crippen LogP contribution in [0.15, 0.2) is 30.4 Å². The highest BCUT2D eigenvalue weighted by Gasteiger charge is 2.41. The Morgan fingerprint density at radius 2 is 2.33 bits per heavy atom. The van der Waals surface area contributed by atoms with Crippen LogP contribution in [0, 0.1) is 5.92 Å². The number of aliphatic hydroxyl groups is 1. The van der Waals surface area contributed by atoms with Crippen molar-refractivity contribution in [2.24, 2.45) is 5.92 Å². The summed E-state index contributed by atoms with van der Waals surface area (Å²) in [6.45, 7) is 2.89. The number of nitrogens with zero attached hydrogens (tertiary/aromatic N) is 1. The second-order valence-corrected chi connectivity index (χ2v) is 5.98. The molecule has 128 valence electrons. The Bertz CT molecular complexity index is 671. The monoisotopic (exact) mass is 330 g/mol. The number of carbonyl (C=O) groups is 2. The van der Waals surface area contributed by atoms with Crippen LogP contribution in [0.4, 0.5) is 10.5 Å². The van der Waals surface area contributed by atoms with Crippen LogP contribution in [-0.4, -0.2) is 41.8 Å². The number of anilines is 1. The standard InChI is InChI=1S/C18H22N2O4/c1-2-24-17(22)13-6-7-15-14(11-13)16-12(5-3-4-10-21)8-9-20(16)18(23)19-15/h3,5-7,11-12,16,21H,2,4,8-10H2,1H3,(H,19,23)/b5-3+/t12-,16-/m1/s1. The second kappa shape index (κ2) is 7.05. The Morgan fingerprint density at radius 1 is 1.50 bits per heavy atom. The summed E-state index contributed by atoms with van der Waals surface area (Å²) in [6.07, 6.45) is 5.49. The van der Waals surface area contributed by atoms with Gasteiger partial charge >= 0.3 is 12.0 Å². The van der Waals surface area contributed by atoms with Gasteiger partial charge in [-0.25, -0.2) is 9.59 Å². The molecule has 6 nitrogen and oxygen atoms in total. The molecule has 24 heavy (non-hydrogen) atoms. The summed E-state index contributed by atoms with van der Waals surface area (Å²) in [5.41, 5.74) is 2.18. The highest BCUT2D eigenvalue weighted by molar-refractivity contribution is 5.96. The van der Waals surface area contributed by atoms with Crippen molar-refractivity contribution >= 4 is 17.7 Å². The van der Waals surface area contributed by atoms with Gasteiger partial charge < -0.3 is 20.1 Å². The van der Waals surface area contributed by atoms with E-state index >= 15 is 0 Å². The van der Waals surface area contributed by atoms with Gasteiger partial charge in [0, 0.05) is 24.8 Å². The molecular weight excluding hydrogens is 308 g/mol. The molecule has 6 heteroatoms. The highest BCUT2D eigenvalue weighted by Crippen LogP contribution is 2.44. The quantitative estimate of drug-likeness (QED) is 0.643. The van der Waals surface area contributed by atoms with Crippen molar-refractivity contribution in [1.82, 2.24) is 4.90 Å². The second-order valence-electron chi connectivity index (χ2n) is 5.98. The van der Waals surface area contributed by atoms with Crippen molar-refractivity contribution in [1.29, 1.82) is 0 Å². The van der Waals surface area contributed by atoms with Crippen molar-refractivity contribution < 1.29 is 19.4 Å². The summed E-state index contributed by atoms with van der Waals surface area (Å²) in [6, 6.07) is 5.08. The third-order valence-corrected chi connectivity index (χ3v) is 4.51. The molecule has 2 aliphatic heterocycles. The van der Waals surface area contributed by atoms with Crippen molar-refractivity contribution in [3.63, 3.8) is 0 Å². The third-order valence-electron chi connectivity index (χ3n) is 4.51. The van der Waals surface area contributed by atoms with Crippen molar-refractivity contribution in [3.05, 3.63) is 41.5 Å². The number of hydrogen-bond acceptors (Lipinski definition) is 4. The van der Waals surface area contributed by atoms with Gasteiger partial charge in [-0.2, -0.15) is 0 Å². The lowest BCUT2D eigenvalue weighted by molar-refractivity contribution is 0.0526. The number of rotatable bonds is 5. The molecule has 2 heterocycles. The van der Waals surface area contributed by atoms with E-state index in [0.29, 0.717) is 25.1 Å². The van der Waals surface area contributed by atoms with Crippen LogP contribution in [0.5, 0.6) is 0 Å². The number of aliphatic hydroxyl groups excluding tert-OH is 1. The number of nitrogens with one attached hydrogen (secondary N) is 1. The summed E-state index contributed by atoms with van der Waals surface area (Å²) in [4.78, 5) is 26.1. The van der Waals surface area contributed by atoms with Gasteiger partial charge in [0.05, 0.1) is 18.2 Å². The SMILES string of the molecule is CCOC(=O)c1ccc2c(c1)[C@H]1[C@H](/C=C/CCO)CCN1C(=O)N2. The Balaban J connectivity index is 1.95. The zero-order valence-corrected chi connectivity index (χ0v) is 13.7. The van der Waals surface area contributed by atoms with Crippen LogP contribution >= 0.6 is 0 Å². The maximum Gasteiger partial charge on any atom is 0.338 e. The van der Waals surface area contributed by atoms with Gasteiger partial charge in [0.1, 0.15) is 0 Å². The topological polar surface area (TPSA) is 78.9 Å². The molecule has 1 aromatic rings. The number of urea groups is 1. The molecule has 2 N–H and O–H groups in total. The molecule has 0 aliphatic carbocycles. The molecule has 2 atom stereocenters. The molecular formula is C18H22N2O4. The lowest BCUT2D eigenvalue weighted by Gasteiger charge is -2.34. The Hall–Kier alpha value is -2.34. The first-order valence-electron chi connectivity index (χ1n) is 8.32. The Morgan fingerprint density at radius 3 is 3.08 bits per heavy atom. The van der Waals surface area contributed by atoms with E-state index < -0.39 is 0 Å². The van der Waals surface area contributed by atoms with Gasteiger partial charge in [0.2, 0.25) is 0 Å². The Kier molecular flexibility index (Phi) is 4.85. The molecule has 1 saturated heterocycles. The summed E-state index contributed by atoms with van der Waals surface area (Å²) in [5, 5.41) is 11.8. The van der Waals surface area contributed by atoms with Gasteiger partial charge in [-0.3, -0.25) is 0 Å². The van der Waals surface area contributed by atoms with Gasteiger partial charge in [0.15, 0.2) is 0 Å². The van der Waals surface area contributed by atoms with Crippen molar-refractivity contribution in [3.8, 4) is 0 Å². The molecule has 0 radical (unpaired) electrons. The van der Waals surface area contributed by atoms with Crippen molar-refractivity contribution in [2.45, 2.75) is 25.8 Å². The minimum absolute atomic E-state index is 0.0851. The predicted octanol–water partition coefficient (Wildman–Crippen LogP) is 2.71. The number of benzene rings is 1. The largest absolute Gasteiger partial charge is 0.462 e. The van der Waals surface area contributed by atoms with Crippen LogP contribution in [0.3, 0.4) is 0 Å². The van der Waals surface area contributed by atoms with E-state index in [0.717, 1.165) is 17.7 Å². The fourth-order valence-corrected chi connectivity index (χ4v) is 3.44. The molecule has 0 aromatic heterocycles. The summed E-state index contributed by atoms with van der Waals surface area (Å²) < 4.78 is 5.08. The maximum absolute atomic E-state index is 12.3. The fourth-order valence-electron chi connectivity index (χ4n) is 3.44. The molecule has 0 spiro atoms. The molecule has 0 unspecified atom stereocenters. The van der Waals surface area contributed by atoms with Gasteiger partial charge in [-0.1, -0.05) is 12.2 Å². The molecule has 0 saturated carbocycles. The third kappa shape index (κ3) is 3.01. The highest BCUT2D eigenvalue weighted by atomic mass is 16.5. The first-order chi connectivity index (χ1) is 11.7. The number of fused-ring (bicyclic) bond motifs is 3. The number of ether oxygens (including phenoxy) is 1. The minimum atomic E-state index is -0.353. The molecule has 1 aromatic carbocycles. The zero-order valence-electron chi connectivity index (χ0n) is 13.7. The molecule has 0 bridgehead atoms. The average Bonchev–Trinajstić information content (AvgIpc) is 3.00. The van der Waals surface area contributed by atoms with Crippen LogP contribution in [0.1, 0.15) is 41.7 Å². The number of hydrogen-bond donors (Lipinski definition) is 2. The predicted molar refractivity (Wildman–Crippen MR) is 89.8 cm³/mol. The van der Waals surface area contributed by atoms with Crippen LogP contribution < -0.4 is 5.32 Å². The summed E-state index contributed by atoms with van der Waals surface area (Å²) >= 11 is 0. The maximum atomic E-state index is 12.3. The lowest BCUT2D eigenvalue weighted by Crippen LogP contribution is -2.40. The van der Waals surface area contributed by atoms with E-state index in [1.165, 1.54) is 0 Å². The van der Waals surface area contributed by atoms with Crippen molar-refractivity contribution in [2.75, 3.05) is 25.1 Å². The van der Waals surface area contributed by atoms with Crippen LogP contribution in [-0.2, 0) is 4.74 Å². The van der Waals surface area contributed by atoms with Crippen LogP contribution in [0.2, 0.25) is 0 Å². The zero-order chi connectivity index (χ0) is 17.1. The first-order valence-corrected chi connectivity index (χ1v) is 8.32. The normalized spacial score (nSPS) is 22.2. The van der Waals surface area contributed by atoms with E-state index in [9.17, 15) is 9.59 Å². The lowest BCUT2D eigenvalue weighted by atomic mass is 9.90. The van der Waals surface area contributed by atoms with Crippen LogP contribution in [0.25, 0.3) is 0 Å². The average molecular weight is 330 g/mol. The first kappa shape index (κ1) is 16.5.